The number of hydrazine groups is 1. The molecular formula is C23H22N2O5. The van der Waals surface area contributed by atoms with E-state index in [-0.39, 0.29) is 25.2 Å². The Kier molecular flexibility index (Phi) is 7.00. The maximum absolute atomic E-state index is 12.4. The van der Waals surface area contributed by atoms with Crippen LogP contribution >= 0.6 is 0 Å². The van der Waals surface area contributed by atoms with E-state index in [1.54, 1.807) is 30.3 Å². The molecule has 0 aliphatic heterocycles. The molecule has 0 aliphatic rings. The number of carbonyl (C=O) groups excluding carboxylic acids is 3. The van der Waals surface area contributed by atoms with Crippen LogP contribution in [0.4, 0.5) is 0 Å². The summed E-state index contributed by atoms with van der Waals surface area (Å²) in [6.45, 7) is -0.295. The lowest BCUT2D eigenvalue weighted by Crippen LogP contribution is -2.43. The molecule has 0 aromatic heterocycles. The van der Waals surface area contributed by atoms with Crippen molar-refractivity contribution in [1.82, 2.24) is 10.9 Å². The molecule has 0 saturated heterocycles. The monoisotopic (exact) mass is 406 g/mol. The van der Waals surface area contributed by atoms with Gasteiger partial charge in [0.2, 0.25) is 5.91 Å². The van der Waals surface area contributed by atoms with Crippen molar-refractivity contribution < 1.29 is 23.9 Å². The molecule has 0 heterocycles. The van der Waals surface area contributed by atoms with Crippen molar-refractivity contribution in [3.63, 3.8) is 0 Å². The molecule has 3 aromatic rings. The van der Waals surface area contributed by atoms with Gasteiger partial charge >= 0.3 is 0 Å². The zero-order valence-electron chi connectivity index (χ0n) is 16.5. The van der Waals surface area contributed by atoms with E-state index in [0.29, 0.717) is 17.1 Å². The molecule has 7 nitrogen and oxygen atoms in total. The number of Topliss-reactive ketones (excluding diaryl/α,β-unsaturated/α-hetero) is 1. The number of amides is 2. The van der Waals surface area contributed by atoms with Gasteiger partial charge in [0.15, 0.2) is 23.9 Å². The molecule has 0 unspecified atom stereocenters. The number of rotatable bonds is 8. The maximum atomic E-state index is 12.4. The Balaban J connectivity index is 1.41. The predicted molar refractivity (Wildman–Crippen MR) is 112 cm³/mol. The largest absolute Gasteiger partial charge is 0.493 e. The van der Waals surface area contributed by atoms with E-state index in [9.17, 15) is 14.4 Å². The number of benzene rings is 3. The van der Waals surface area contributed by atoms with Gasteiger partial charge in [0.05, 0.1) is 7.11 Å². The molecule has 0 spiro atoms. The summed E-state index contributed by atoms with van der Waals surface area (Å²) >= 11 is 0. The Labute approximate surface area is 174 Å². The lowest BCUT2D eigenvalue weighted by molar-refractivity contribution is -0.130. The van der Waals surface area contributed by atoms with E-state index in [4.69, 9.17) is 9.47 Å². The normalized spacial score (nSPS) is 10.3. The molecule has 0 fully saturated rings. The van der Waals surface area contributed by atoms with Crippen LogP contribution in [0.15, 0.2) is 66.7 Å². The molecule has 0 aliphatic carbocycles. The standard InChI is InChI=1S/C23H22N2O5/c1-29-20-8-4-5-9-21(20)30-15-23(28)25-24-22(27)13-12-19(26)18-11-10-16-6-2-3-7-17(16)14-18/h2-11,14H,12-13,15H2,1H3,(H,24,27)(H,25,28). The van der Waals surface area contributed by atoms with Crippen LogP contribution < -0.4 is 20.3 Å². The summed E-state index contributed by atoms with van der Waals surface area (Å²) < 4.78 is 10.5. The molecule has 0 atom stereocenters. The zero-order valence-corrected chi connectivity index (χ0v) is 16.5. The maximum Gasteiger partial charge on any atom is 0.276 e. The van der Waals surface area contributed by atoms with Crippen LogP contribution in [0.1, 0.15) is 23.2 Å². The molecule has 0 saturated carbocycles. The second kappa shape index (κ2) is 10.1. The first-order valence-corrected chi connectivity index (χ1v) is 9.42. The van der Waals surface area contributed by atoms with Crippen molar-refractivity contribution in [2.75, 3.05) is 13.7 Å². The number of nitrogens with one attached hydrogen (secondary N) is 2. The fourth-order valence-electron chi connectivity index (χ4n) is 2.85. The molecule has 30 heavy (non-hydrogen) atoms. The summed E-state index contributed by atoms with van der Waals surface area (Å²) in [6, 6.07) is 20.1. The first-order chi connectivity index (χ1) is 14.6. The average molecular weight is 406 g/mol. The van der Waals surface area contributed by atoms with Gasteiger partial charge in [-0.3, -0.25) is 25.2 Å². The van der Waals surface area contributed by atoms with Crippen LogP contribution in [0.3, 0.4) is 0 Å². The highest BCUT2D eigenvalue weighted by Crippen LogP contribution is 2.25. The Hall–Kier alpha value is -3.87. The second-order valence-corrected chi connectivity index (χ2v) is 6.52. The molecular weight excluding hydrogens is 384 g/mol. The van der Waals surface area contributed by atoms with Crippen molar-refractivity contribution in [3.05, 3.63) is 72.3 Å². The first kappa shape index (κ1) is 20.9. The number of hydrogen-bond donors (Lipinski definition) is 2. The minimum Gasteiger partial charge on any atom is -0.493 e. The summed E-state index contributed by atoms with van der Waals surface area (Å²) in [4.78, 5) is 36.1. The van der Waals surface area contributed by atoms with Gasteiger partial charge in [0.25, 0.3) is 5.91 Å². The number of fused-ring (bicyclic) bond motifs is 1. The van der Waals surface area contributed by atoms with Crippen molar-refractivity contribution in [3.8, 4) is 11.5 Å². The number of carbonyl (C=O) groups is 3. The van der Waals surface area contributed by atoms with E-state index in [0.717, 1.165) is 10.8 Å². The Morgan fingerprint density at radius 2 is 1.43 bits per heavy atom. The van der Waals surface area contributed by atoms with Crippen molar-refractivity contribution >= 4 is 28.4 Å². The molecule has 3 aromatic carbocycles. The molecule has 2 N–H and O–H groups in total. The predicted octanol–water partition coefficient (Wildman–Crippen LogP) is 3.04. The van der Waals surface area contributed by atoms with Gasteiger partial charge < -0.3 is 9.47 Å². The summed E-state index contributed by atoms with van der Waals surface area (Å²) in [5.74, 6) is -0.212. The fraction of sp³-hybridized carbons (Fsp3) is 0.174. The van der Waals surface area contributed by atoms with Crippen LogP contribution in [-0.2, 0) is 9.59 Å². The molecule has 154 valence electrons. The summed E-state index contributed by atoms with van der Waals surface area (Å²) in [6.07, 6.45) is -0.00291. The highest BCUT2D eigenvalue weighted by molar-refractivity contribution is 6.01. The number of para-hydroxylation sites is 2. The minimum absolute atomic E-state index is 0.0394. The Morgan fingerprint density at radius 1 is 0.767 bits per heavy atom. The van der Waals surface area contributed by atoms with Gasteiger partial charge in [0.1, 0.15) is 0 Å². The quantitative estimate of drug-likeness (QED) is 0.443. The second-order valence-electron chi connectivity index (χ2n) is 6.52. The molecule has 0 radical (unpaired) electrons. The number of hydrogen-bond acceptors (Lipinski definition) is 5. The van der Waals surface area contributed by atoms with Gasteiger partial charge in [0, 0.05) is 18.4 Å². The fourth-order valence-corrected chi connectivity index (χ4v) is 2.85. The lowest BCUT2D eigenvalue weighted by Gasteiger charge is -2.11. The summed E-state index contributed by atoms with van der Waals surface area (Å²) in [5.41, 5.74) is 5.10. The van der Waals surface area contributed by atoms with Crippen LogP contribution in [-0.4, -0.2) is 31.3 Å². The topological polar surface area (TPSA) is 93.7 Å². The summed E-state index contributed by atoms with van der Waals surface area (Å²) in [5, 5.41) is 2.01. The van der Waals surface area contributed by atoms with Gasteiger partial charge in [-0.15, -0.1) is 0 Å². The zero-order chi connectivity index (χ0) is 21.3. The molecule has 3 rings (SSSR count). The van der Waals surface area contributed by atoms with Gasteiger partial charge in [-0.05, 0) is 29.0 Å². The Bertz CT molecular complexity index is 1060. The number of ketones is 1. The van der Waals surface area contributed by atoms with Crippen LogP contribution in [0.2, 0.25) is 0 Å². The van der Waals surface area contributed by atoms with Crippen molar-refractivity contribution in [2.45, 2.75) is 12.8 Å². The number of methoxy groups -OCH3 is 1. The van der Waals surface area contributed by atoms with Gasteiger partial charge in [-0.2, -0.15) is 0 Å². The Morgan fingerprint density at radius 3 is 2.20 bits per heavy atom. The minimum atomic E-state index is -0.532. The first-order valence-electron chi connectivity index (χ1n) is 9.42. The van der Waals surface area contributed by atoms with E-state index >= 15 is 0 Å². The van der Waals surface area contributed by atoms with E-state index in [2.05, 4.69) is 10.9 Å². The van der Waals surface area contributed by atoms with E-state index < -0.39 is 11.8 Å². The molecule has 2 amide bonds. The van der Waals surface area contributed by atoms with Gasteiger partial charge in [-0.25, -0.2) is 0 Å². The third-order valence-electron chi connectivity index (χ3n) is 4.42. The summed E-state index contributed by atoms with van der Waals surface area (Å²) in [7, 11) is 1.50. The lowest BCUT2D eigenvalue weighted by atomic mass is 10.0. The number of ether oxygens (including phenoxy) is 2. The highest BCUT2D eigenvalue weighted by Gasteiger charge is 2.12. The van der Waals surface area contributed by atoms with Crippen molar-refractivity contribution in [1.29, 1.82) is 0 Å². The van der Waals surface area contributed by atoms with Crippen LogP contribution in [0, 0.1) is 0 Å². The SMILES string of the molecule is COc1ccccc1OCC(=O)NNC(=O)CCC(=O)c1ccc2ccccc2c1. The van der Waals surface area contributed by atoms with E-state index in [1.165, 1.54) is 7.11 Å². The highest BCUT2D eigenvalue weighted by atomic mass is 16.5. The van der Waals surface area contributed by atoms with Crippen LogP contribution in [0.5, 0.6) is 11.5 Å². The van der Waals surface area contributed by atoms with Crippen molar-refractivity contribution in [2.24, 2.45) is 0 Å². The van der Waals surface area contributed by atoms with E-state index in [1.807, 2.05) is 36.4 Å². The van der Waals surface area contributed by atoms with Gasteiger partial charge in [-0.1, -0.05) is 48.5 Å². The molecule has 7 heteroatoms. The third-order valence-corrected chi connectivity index (χ3v) is 4.42. The smallest absolute Gasteiger partial charge is 0.276 e. The third kappa shape index (κ3) is 5.57. The van der Waals surface area contributed by atoms with Crippen LogP contribution in [0.25, 0.3) is 10.8 Å². The molecule has 0 bridgehead atoms. The average Bonchev–Trinajstić information content (AvgIpc) is 2.79.